The number of halogens is 1. The molecule has 0 fully saturated rings. The second-order valence-corrected chi connectivity index (χ2v) is 6.88. The van der Waals surface area contributed by atoms with Crippen LogP contribution in [0.4, 0.5) is 4.39 Å². The maximum atomic E-state index is 13.6. The number of hydrogen-bond acceptors (Lipinski definition) is 5. The second kappa shape index (κ2) is 8.83. The highest BCUT2D eigenvalue weighted by atomic mass is 19.1. The molecule has 0 saturated heterocycles. The van der Waals surface area contributed by atoms with Gasteiger partial charge in [-0.3, -0.25) is 14.5 Å². The van der Waals surface area contributed by atoms with E-state index in [4.69, 9.17) is 0 Å². The van der Waals surface area contributed by atoms with Crippen molar-refractivity contribution < 1.29 is 9.18 Å². The zero-order valence-corrected chi connectivity index (χ0v) is 16.5. The van der Waals surface area contributed by atoms with E-state index in [0.717, 1.165) is 16.9 Å². The summed E-state index contributed by atoms with van der Waals surface area (Å²) in [6.07, 6.45) is 3.19. The van der Waals surface area contributed by atoms with Gasteiger partial charge in [-0.05, 0) is 31.2 Å². The Morgan fingerprint density at radius 2 is 2.07 bits per heavy atom. The second-order valence-electron chi connectivity index (χ2n) is 6.88. The number of pyridine rings is 1. The van der Waals surface area contributed by atoms with Crippen molar-refractivity contribution in [2.45, 2.75) is 26.6 Å². The Balaban J connectivity index is 1.28. The van der Waals surface area contributed by atoms with Crippen molar-refractivity contribution in [3.05, 3.63) is 77.4 Å². The molecule has 0 atom stereocenters. The number of carbonyl (C=O) groups is 1. The third-order valence-corrected chi connectivity index (χ3v) is 4.69. The molecular weight excluding hydrogens is 385 g/mol. The van der Waals surface area contributed by atoms with Crippen LogP contribution in [0.2, 0.25) is 0 Å². The average Bonchev–Trinajstić information content (AvgIpc) is 3.33. The van der Waals surface area contributed by atoms with Gasteiger partial charge in [0.15, 0.2) is 0 Å². The van der Waals surface area contributed by atoms with Crippen molar-refractivity contribution in [2.75, 3.05) is 6.54 Å². The number of nitrogens with one attached hydrogen (secondary N) is 3. The van der Waals surface area contributed by atoms with Crippen LogP contribution in [0.15, 0.2) is 48.8 Å². The number of carbonyl (C=O) groups excluding carboxylic acids is 1. The molecule has 0 aliphatic carbocycles. The van der Waals surface area contributed by atoms with E-state index >= 15 is 0 Å². The summed E-state index contributed by atoms with van der Waals surface area (Å²) in [5, 5.41) is 10.4. The van der Waals surface area contributed by atoms with Crippen molar-refractivity contribution in [3.63, 3.8) is 0 Å². The summed E-state index contributed by atoms with van der Waals surface area (Å²) in [5.41, 5.74) is 3.23. The molecule has 3 N–H and O–H groups in total. The largest absolute Gasteiger partial charge is 0.346 e. The van der Waals surface area contributed by atoms with Gasteiger partial charge < -0.3 is 15.6 Å². The average molecular weight is 407 g/mol. The fraction of sp³-hybridized carbons (Fsp3) is 0.238. The van der Waals surface area contributed by atoms with Gasteiger partial charge in [0.25, 0.3) is 5.91 Å². The first-order valence-electron chi connectivity index (χ1n) is 9.66. The van der Waals surface area contributed by atoms with E-state index < -0.39 is 5.82 Å². The number of hydrogen-bond donors (Lipinski definition) is 3. The third-order valence-electron chi connectivity index (χ3n) is 4.69. The first-order chi connectivity index (χ1) is 14.6. The van der Waals surface area contributed by atoms with Gasteiger partial charge in [-0.1, -0.05) is 12.1 Å². The number of benzene rings is 1. The lowest BCUT2D eigenvalue weighted by Crippen LogP contribution is -2.24. The number of aromatic amines is 1. The van der Waals surface area contributed by atoms with Crippen molar-refractivity contribution in [1.82, 2.24) is 35.4 Å². The number of aryl methyl sites for hydroxylation is 1. The molecule has 30 heavy (non-hydrogen) atoms. The lowest BCUT2D eigenvalue weighted by atomic mass is 10.2. The zero-order valence-electron chi connectivity index (χ0n) is 16.5. The fourth-order valence-corrected chi connectivity index (χ4v) is 3.15. The summed E-state index contributed by atoms with van der Waals surface area (Å²) < 4.78 is 15.4. The van der Waals surface area contributed by atoms with Crippen LogP contribution >= 0.6 is 0 Å². The van der Waals surface area contributed by atoms with E-state index in [0.29, 0.717) is 30.9 Å². The Labute approximate surface area is 172 Å². The number of H-pyrrole nitrogens is 1. The van der Waals surface area contributed by atoms with Gasteiger partial charge in [-0.25, -0.2) is 9.37 Å². The number of aromatic nitrogens is 5. The molecule has 0 spiro atoms. The summed E-state index contributed by atoms with van der Waals surface area (Å²) >= 11 is 0. The molecule has 0 aliphatic heterocycles. The summed E-state index contributed by atoms with van der Waals surface area (Å²) in [4.78, 5) is 24.2. The van der Waals surface area contributed by atoms with E-state index in [1.807, 2.05) is 24.3 Å². The highest BCUT2D eigenvalue weighted by Crippen LogP contribution is 2.10. The van der Waals surface area contributed by atoms with Gasteiger partial charge in [-0.2, -0.15) is 5.10 Å². The van der Waals surface area contributed by atoms with Crippen LogP contribution in [0, 0.1) is 12.7 Å². The van der Waals surface area contributed by atoms with E-state index in [2.05, 4.69) is 30.7 Å². The van der Waals surface area contributed by atoms with E-state index in [1.165, 1.54) is 18.3 Å². The maximum absolute atomic E-state index is 13.6. The highest BCUT2D eigenvalue weighted by molar-refractivity contribution is 5.94. The Morgan fingerprint density at radius 1 is 1.20 bits per heavy atom. The van der Waals surface area contributed by atoms with Gasteiger partial charge in [0.1, 0.15) is 11.6 Å². The van der Waals surface area contributed by atoms with Crippen LogP contribution in [-0.2, 0) is 19.6 Å². The van der Waals surface area contributed by atoms with Crippen LogP contribution in [-0.4, -0.2) is 37.2 Å². The maximum Gasteiger partial charge on any atom is 0.255 e. The predicted octanol–water partition coefficient (Wildman–Crippen LogP) is 2.32. The van der Waals surface area contributed by atoms with Crippen LogP contribution in [0.1, 0.15) is 27.6 Å². The first-order valence-corrected chi connectivity index (χ1v) is 9.66. The number of para-hydroxylation sites is 2. The molecule has 0 radical (unpaired) electrons. The fourth-order valence-electron chi connectivity index (χ4n) is 3.15. The topological polar surface area (TPSA) is 101 Å². The number of amides is 1. The van der Waals surface area contributed by atoms with Gasteiger partial charge in [-0.15, -0.1) is 0 Å². The lowest BCUT2D eigenvalue weighted by molar-refractivity contribution is 0.0949. The quantitative estimate of drug-likeness (QED) is 0.389. The smallest absolute Gasteiger partial charge is 0.255 e. The molecule has 4 aromatic rings. The van der Waals surface area contributed by atoms with E-state index in [9.17, 15) is 9.18 Å². The zero-order chi connectivity index (χ0) is 20.9. The Morgan fingerprint density at radius 3 is 2.90 bits per heavy atom. The molecule has 3 aromatic heterocycles. The lowest BCUT2D eigenvalue weighted by Gasteiger charge is -2.04. The Hall–Kier alpha value is -3.59. The minimum absolute atomic E-state index is 0.0230. The highest BCUT2D eigenvalue weighted by Gasteiger charge is 2.14. The van der Waals surface area contributed by atoms with Crippen LogP contribution in [0.3, 0.4) is 0 Å². The van der Waals surface area contributed by atoms with Crippen LogP contribution in [0.25, 0.3) is 11.0 Å². The molecule has 4 rings (SSSR count). The predicted molar refractivity (Wildman–Crippen MR) is 110 cm³/mol. The number of fused-ring (bicyclic) bond motifs is 1. The van der Waals surface area contributed by atoms with Gasteiger partial charge in [0, 0.05) is 18.9 Å². The third kappa shape index (κ3) is 4.52. The number of rotatable bonds is 8. The van der Waals surface area contributed by atoms with E-state index in [1.54, 1.807) is 17.8 Å². The van der Waals surface area contributed by atoms with Crippen molar-refractivity contribution >= 4 is 16.9 Å². The molecule has 9 heteroatoms. The van der Waals surface area contributed by atoms with Crippen molar-refractivity contribution in [2.24, 2.45) is 0 Å². The first kappa shape index (κ1) is 19.7. The SMILES string of the molecule is Cc1nn(CCNCc2nc3ccccc3[nH]2)cc1C(=O)NCc1ncccc1F. The Kier molecular flexibility index (Phi) is 5.80. The molecule has 0 unspecified atom stereocenters. The van der Waals surface area contributed by atoms with Crippen LogP contribution < -0.4 is 10.6 Å². The minimum Gasteiger partial charge on any atom is -0.346 e. The summed E-state index contributed by atoms with van der Waals surface area (Å²) in [7, 11) is 0. The van der Waals surface area contributed by atoms with Gasteiger partial charge >= 0.3 is 0 Å². The molecule has 0 aliphatic rings. The van der Waals surface area contributed by atoms with Gasteiger partial charge in [0.05, 0.1) is 47.6 Å². The minimum atomic E-state index is -0.444. The molecular formula is C21H22FN7O. The molecule has 0 saturated carbocycles. The number of nitrogens with zero attached hydrogens (tertiary/aromatic N) is 4. The Bertz CT molecular complexity index is 1130. The number of imidazole rings is 1. The summed E-state index contributed by atoms with van der Waals surface area (Å²) in [6, 6.07) is 10.7. The standard InChI is InChI=1S/C21H22FN7O/c1-14-15(21(30)25-11-19-16(22)5-4-8-24-19)13-29(28-14)10-9-23-12-20-26-17-6-2-3-7-18(17)27-20/h2-8,13,23H,9-12H2,1H3,(H,25,30)(H,26,27). The summed E-state index contributed by atoms with van der Waals surface area (Å²) in [5.74, 6) is 0.120. The molecule has 154 valence electrons. The van der Waals surface area contributed by atoms with Gasteiger partial charge in [0.2, 0.25) is 0 Å². The molecule has 3 heterocycles. The molecule has 1 aromatic carbocycles. The van der Waals surface area contributed by atoms with Crippen molar-refractivity contribution in [3.8, 4) is 0 Å². The monoisotopic (exact) mass is 407 g/mol. The van der Waals surface area contributed by atoms with Crippen LogP contribution in [0.5, 0.6) is 0 Å². The molecule has 0 bridgehead atoms. The summed E-state index contributed by atoms with van der Waals surface area (Å²) in [6.45, 7) is 3.67. The normalized spacial score (nSPS) is 11.1. The van der Waals surface area contributed by atoms with E-state index in [-0.39, 0.29) is 18.1 Å². The van der Waals surface area contributed by atoms with Crippen molar-refractivity contribution in [1.29, 1.82) is 0 Å². The molecule has 1 amide bonds. The molecule has 8 nitrogen and oxygen atoms in total.